The fourth-order valence-corrected chi connectivity index (χ4v) is 5.38. The van der Waals surface area contributed by atoms with Gasteiger partial charge >= 0.3 is 0 Å². The van der Waals surface area contributed by atoms with Gasteiger partial charge in [-0.3, -0.25) is 14.2 Å². The van der Waals surface area contributed by atoms with Gasteiger partial charge in [-0.25, -0.2) is 4.98 Å². The van der Waals surface area contributed by atoms with Crippen molar-refractivity contribution in [3.63, 3.8) is 0 Å². The molecule has 4 rings (SSSR count). The lowest BCUT2D eigenvalue weighted by Gasteiger charge is -2.11. The molecule has 170 valence electrons. The number of carbonyl (C=O) groups is 1. The van der Waals surface area contributed by atoms with Crippen molar-refractivity contribution in [2.45, 2.75) is 32.1 Å². The number of ether oxygens (including phenoxy) is 1. The zero-order chi connectivity index (χ0) is 23.4. The third-order valence-electron chi connectivity index (χ3n) is 5.32. The third kappa shape index (κ3) is 4.96. The fourth-order valence-electron chi connectivity index (χ4n) is 3.53. The van der Waals surface area contributed by atoms with Gasteiger partial charge in [0.15, 0.2) is 5.16 Å². The molecule has 1 amide bonds. The van der Waals surface area contributed by atoms with Crippen LogP contribution in [0.2, 0.25) is 0 Å². The highest BCUT2D eigenvalue weighted by atomic mass is 32.2. The Bertz CT molecular complexity index is 1340. The minimum atomic E-state index is -0.132. The summed E-state index contributed by atoms with van der Waals surface area (Å²) in [6.45, 7) is 4.82. The van der Waals surface area contributed by atoms with E-state index in [4.69, 9.17) is 9.72 Å². The number of nitrogens with zero attached hydrogens (tertiary/aromatic N) is 2. The van der Waals surface area contributed by atoms with E-state index in [1.54, 1.807) is 11.7 Å². The van der Waals surface area contributed by atoms with Crippen LogP contribution in [0.3, 0.4) is 0 Å². The second-order valence-electron chi connectivity index (χ2n) is 7.51. The summed E-state index contributed by atoms with van der Waals surface area (Å²) >= 11 is 2.69. The van der Waals surface area contributed by atoms with Crippen molar-refractivity contribution in [1.82, 2.24) is 14.9 Å². The van der Waals surface area contributed by atoms with Crippen molar-refractivity contribution >= 4 is 39.2 Å². The quantitative estimate of drug-likeness (QED) is 0.288. The molecule has 0 radical (unpaired) electrons. The number of amides is 1. The topological polar surface area (TPSA) is 73.2 Å². The lowest BCUT2D eigenvalue weighted by molar-refractivity contribution is -0.118. The molecule has 0 saturated carbocycles. The average molecular weight is 480 g/mol. The second-order valence-corrected chi connectivity index (χ2v) is 9.34. The number of fused-ring (bicyclic) bond motifs is 1. The van der Waals surface area contributed by atoms with Crippen molar-refractivity contribution in [2.24, 2.45) is 0 Å². The van der Waals surface area contributed by atoms with Crippen molar-refractivity contribution in [3.8, 4) is 16.9 Å². The number of carbonyl (C=O) groups excluding carboxylic acids is 1. The first kappa shape index (κ1) is 23.1. The van der Waals surface area contributed by atoms with E-state index in [0.717, 1.165) is 22.4 Å². The maximum absolute atomic E-state index is 13.1. The maximum atomic E-state index is 13.1. The number of para-hydroxylation sites is 1. The van der Waals surface area contributed by atoms with E-state index in [0.29, 0.717) is 28.5 Å². The number of hydrogen-bond acceptors (Lipinski definition) is 6. The first-order chi connectivity index (χ1) is 16.0. The standard InChI is InChI=1S/C25H25N3O3S2/c1-4-28-24(30)23-22(19(14-32-23)17-11-9-16(2)10-12-17)27-25(28)33-15-21(29)26-13-18-7-5-6-8-20(18)31-3/h5-12,14H,4,13,15H2,1-3H3,(H,26,29). The second kappa shape index (κ2) is 10.2. The number of hydrogen-bond donors (Lipinski definition) is 1. The molecule has 0 fully saturated rings. The predicted octanol–water partition coefficient (Wildman–Crippen LogP) is 4.87. The van der Waals surface area contributed by atoms with E-state index in [-0.39, 0.29) is 17.2 Å². The minimum absolute atomic E-state index is 0.0669. The molecule has 0 saturated heterocycles. The first-order valence-electron chi connectivity index (χ1n) is 10.6. The Hall–Kier alpha value is -3.10. The lowest BCUT2D eigenvalue weighted by Crippen LogP contribution is -2.26. The van der Waals surface area contributed by atoms with E-state index in [1.807, 2.05) is 67.8 Å². The molecule has 0 aliphatic heterocycles. The molecule has 4 aromatic rings. The predicted molar refractivity (Wildman–Crippen MR) is 135 cm³/mol. The summed E-state index contributed by atoms with van der Waals surface area (Å²) < 4.78 is 7.61. The molecule has 0 bridgehead atoms. The van der Waals surface area contributed by atoms with E-state index < -0.39 is 0 Å². The highest BCUT2D eigenvalue weighted by molar-refractivity contribution is 7.99. The highest BCUT2D eigenvalue weighted by Crippen LogP contribution is 2.32. The van der Waals surface area contributed by atoms with Crippen LogP contribution in [-0.2, 0) is 17.9 Å². The Morgan fingerprint density at radius 3 is 2.67 bits per heavy atom. The summed E-state index contributed by atoms with van der Waals surface area (Å²) in [5.74, 6) is 0.766. The SMILES string of the molecule is CCn1c(SCC(=O)NCc2ccccc2OC)nc2c(-c3ccc(C)cc3)csc2c1=O. The summed E-state index contributed by atoms with van der Waals surface area (Å²) in [7, 11) is 1.61. The molecular formula is C25H25N3O3S2. The van der Waals surface area contributed by atoms with Gasteiger partial charge in [-0.1, -0.05) is 59.8 Å². The maximum Gasteiger partial charge on any atom is 0.272 e. The van der Waals surface area contributed by atoms with Crippen LogP contribution in [0, 0.1) is 6.92 Å². The van der Waals surface area contributed by atoms with Crippen molar-refractivity contribution in [3.05, 3.63) is 75.4 Å². The van der Waals surface area contributed by atoms with E-state index in [1.165, 1.54) is 28.7 Å². The monoisotopic (exact) mass is 479 g/mol. The zero-order valence-electron chi connectivity index (χ0n) is 18.8. The van der Waals surface area contributed by atoms with Crippen LogP contribution in [0.4, 0.5) is 0 Å². The van der Waals surface area contributed by atoms with E-state index in [9.17, 15) is 9.59 Å². The minimum Gasteiger partial charge on any atom is -0.496 e. The van der Waals surface area contributed by atoms with Gasteiger partial charge in [-0.05, 0) is 25.5 Å². The number of aromatic nitrogens is 2. The third-order valence-corrected chi connectivity index (χ3v) is 7.26. The van der Waals surface area contributed by atoms with Gasteiger partial charge in [0.05, 0.1) is 18.4 Å². The van der Waals surface area contributed by atoms with Crippen molar-refractivity contribution < 1.29 is 9.53 Å². The molecule has 0 unspecified atom stereocenters. The van der Waals surface area contributed by atoms with Crippen molar-refractivity contribution in [1.29, 1.82) is 0 Å². The van der Waals surface area contributed by atoms with Gasteiger partial charge in [-0.15, -0.1) is 11.3 Å². The van der Waals surface area contributed by atoms with Gasteiger partial charge in [0.2, 0.25) is 5.91 Å². The number of methoxy groups -OCH3 is 1. The molecule has 0 spiro atoms. The van der Waals surface area contributed by atoms with Gasteiger partial charge in [0, 0.05) is 29.6 Å². The molecular weight excluding hydrogens is 454 g/mol. The van der Waals surface area contributed by atoms with Crippen LogP contribution in [0.1, 0.15) is 18.1 Å². The molecule has 2 aromatic carbocycles. The van der Waals surface area contributed by atoms with E-state index >= 15 is 0 Å². The van der Waals surface area contributed by atoms with Crippen molar-refractivity contribution in [2.75, 3.05) is 12.9 Å². The van der Waals surface area contributed by atoms with E-state index in [2.05, 4.69) is 5.32 Å². The molecule has 6 nitrogen and oxygen atoms in total. The molecule has 33 heavy (non-hydrogen) atoms. The Morgan fingerprint density at radius 1 is 1.18 bits per heavy atom. The van der Waals surface area contributed by atoms with Crippen LogP contribution in [-0.4, -0.2) is 28.3 Å². The summed E-state index contributed by atoms with van der Waals surface area (Å²) in [4.78, 5) is 30.5. The number of thioether (sulfide) groups is 1. The highest BCUT2D eigenvalue weighted by Gasteiger charge is 2.17. The molecule has 0 aliphatic rings. The van der Waals surface area contributed by atoms with Crippen LogP contribution in [0.25, 0.3) is 21.3 Å². The molecule has 8 heteroatoms. The van der Waals surface area contributed by atoms with Gasteiger partial charge in [0.25, 0.3) is 5.56 Å². The Kier molecular flexibility index (Phi) is 7.15. The fraction of sp³-hybridized carbons (Fsp3) is 0.240. The number of aryl methyl sites for hydroxylation is 1. The summed E-state index contributed by atoms with van der Waals surface area (Å²) in [5, 5.41) is 5.45. The molecule has 0 atom stereocenters. The zero-order valence-corrected chi connectivity index (χ0v) is 20.4. The molecule has 2 heterocycles. The van der Waals surface area contributed by atoms with Gasteiger partial charge < -0.3 is 10.1 Å². The summed E-state index contributed by atoms with van der Waals surface area (Å²) in [6.07, 6.45) is 0. The normalized spacial score (nSPS) is 11.0. The Balaban J connectivity index is 1.55. The number of nitrogens with one attached hydrogen (secondary N) is 1. The Labute approximate surface area is 200 Å². The molecule has 2 aromatic heterocycles. The van der Waals surface area contributed by atoms with Gasteiger partial charge in [-0.2, -0.15) is 0 Å². The van der Waals surface area contributed by atoms with Crippen LogP contribution >= 0.6 is 23.1 Å². The first-order valence-corrected chi connectivity index (χ1v) is 12.5. The number of benzene rings is 2. The average Bonchev–Trinajstić information content (AvgIpc) is 3.26. The number of rotatable bonds is 8. The lowest BCUT2D eigenvalue weighted by atomic mass is 10.1. The largest absolute Gasteiger partial charge is 0.496 e. The summed E-state index contributed by atoms with van der Waals surface area (Å²) in [5.41, 5.74) is 4.67. The molecule has 0 aliphatic carbocycles. The summed E-state index contributed by atoms with van der Waals surface area (Å²) in [6, 6.07) is 15.8. The van der Waals surface area contributed by atoms with Crippen LogP contribution < -0.4 is 15.6 Å². The Morgan fingerprint density at radius 2 is 1.94 bits per heavy atom. The smallest absolute Gasteiger partial charge is 0.272 e. The molecule has 1 N–H and O–H groups in total. The van der Waals surface area contributed by atoms with Crippen LogP contribution in [0.15, 0.2) is 63.9 Å². The van der Waals surface area contributed by atoms with Gasteiger partial charge in [0.1, 0.15) is 10.4 Å². The van der Waals surface area contributed by atoms with Crippen LogP contribution in [0.5, 0.6) is 5.75 Å². The number of thiophene rings is 1.